The molecule has 33 heavy (non-hydrogen) atoms. The monoisotopic (exact) mass is 451 g/mol. The second kappa shape index (κ2) is 8.17. The molecule has 0 radical (unpaired) electrons. The number of methoxy groups -OCH3 is 3. The molecule has 5 rings (SSSR count). The molecule has 2 aromatic rings. The molecule has 8 nitrogen and oxygen atoms in total. The number of nitrogens with zero attached hydrogens (tertiary/aromatic N) is 3. The predicted octanol–water partition coefficient (Wildman–Crippen LogP) is 3.59. The Kier molecular flexibility index (Phi) is 5.31. The SMILES string of the molecule is COc1ccc(C2=NN3C(C2)c2cccc(OC)c2OC32CCN(C(C)=O)CC2)c(OC)c1. The molecule has 3 aliphatic heterocycles. The van der Waals surface area contributed by atoms with Gasteiger partial charge in [-0.3, -0.25) is 4.79 Å². The minimum Gasteiger partial charge on any atom is -0.497 e. The molecule has 1 amide bonds. The van der Waals surface area contributed by atoms with E-state index in [9.17, 15) is 4.79 Å². The third-order valence-electron chi connectivity index (χ3n) is 6.92. The lowest BCUT2D eigenvalue weighted by atomic mass is 9.90. The lowest BCUT2D eigenvalue weighted by molar-refractivity contribution is -0.159. The smallest absolute Gasteiger partial charge is 0.219 e. The van der Waals surface area contributed by atoms with E-state index in [2.05, 4.69) is 11.1 Å². The third kappa shape index (κ3) is 3.44. The van der Waals surface area contributed by atoms with Crippen molar-refractivity contribution in [2.75, 3.05) is 34.4 Å². The van der Waals surface area contributed by atoms with E-state index < -0.39 is 5.72 Å². The zero-order valence-corrected chi connectivity index (χ0v) is 19.5. The second-order valence-electron chi connectivity index (χ2n) is 8.61. The number of ether oxygens (including phenoxy) is 4. The van der Waals surface area contributed by atoms with Crippen LogP contribution in [0.4, 0.5) is 0 Å². The van der Waals surface area contributed by atoms with Crippen LogP contribution in [0.25, 0.3) is 0 Å². The summed E-state index contributed by atoms with van der Waals surface area (Å²) in [5, 5.41) is 7.22. The van der Waals surface area contributed by atoms with E-state index in [1.165, 1.54) is 0 Å². The summed E-state index contributed by atoms with van der Waals surface area (Å²) in [6, 6.07) is 11.8. The molecule has 0 bridgehead atoms. The van der Waals surface area contributed by atoms with Crippen LogP contribution in [0, 0.1) is 0 Å². The van der Waals surface area contributed by atoms with Crippen molar-refractivity contribution < 1.29 is 23.7 Å². The first kappa shape index (κ1) is 21.4. The van der Waals surface area contributed by atoms with Gasteiger partial charge in [0, 0.05) is 56.5 Å². The summed E-state index contributed by atoms with van der Waals surface area (Å²) in [7, 11) is 4.96. The molecule has 8 heteroatoms. The first-order valence-corrected chi connectivity index (χ1v) is 11.2. The van der Waals surface area contributed by atoms with E-state index in [1.54, 1.807) is 28.3 Å². The van der Waals surface area contributed by atoms with Gasteiger partial charge < -0.3 is 23.8 Å². The summed E-state index contributed by atoms with van der Waals surface area (Å²) in [5.74, 6) is 3.04. The normalized spacial score (nSPS) is 20.5. The first-order valence-electron chi connectivity index (χ1n) is 11.2. The van der Waals surface area contributed by atoms with E-state index in [-0.39, 0.29) is 11.9 Å². The standard InChI is InChI=1S/C25H29N3O5/c1-16(29)27-12-10-25(11-13-27)28-21(19-6-5-7-22(31-3)24(19)33-25)15-20(26-28)18-9-8-17(30-2)14-23(18)32-4/h5-9,14,21H,10-13,15H2,1-4H3. The van der Waals surface area contributed by atoms with Crippen LogP contribution in [0.3, 0.4) is 0 Å². The molecule has 0 aromatic heterocycles. The van der Waals surface area contributed by atoms with Crippen LogP contribution in [0.2, 0.25) is 0 Å². The quantitative estimate of drug-likeness (QED) is 0.707. The van der Waals surface area contributed by atoms with Crippen molar-refractivity contribution in [1.29, 1.82) is 0 Å². The number of hydrogen-bond acceptors (Lipinski definition) is 7. The van der Waals surface area contributed by atoms with Crippen LogP contribution in [0.5, 0.6) is 23.0 Å². The van der Waals surface area contributed by atoms with E-state index in [0.29, 0.717) is 32.4 Å². The number of rotatable bonds is 4. The molecule has 0 saturated carbocycles. The molecule has 1 saturated heterocycles. The van der Waals surface area contributed by atoms with Crippen LogP contribution in [-0.2, 0) is 4.79 Å². The fraction of sp³-hybridized carbons (Fsp3) is 0.440. The van der Waals surface area contributed by atoms with Crippen molar-refractivity contribution in [1.82, 2.24) is 9.91 Å². The first-order chi connectivity index (χ1) is 16.0. The Balaban J connectivity index is 1.58. The molecule has 1 fully saturated rings. The minimum absolute atomic E-state index is 0.00883. The third-order valence-corrected chi connectivity index (χ3v) is 6.92. The molecular formula is C25H29N3O5. The lowest BCUT2D eigenvalue weighted by Crippen LogP contribution is -2.59. The van der Waals surface area contributed by atoms with E-state index in [1.807, 2.05) is 35.2 Å². The van der Waals surface area contributed by atoms with Gasteiger partial charge in [0.15, 0.2) is 11.5 Å². The summed E-state index contributed by atoms with van der Waals surface area (Å²) in [6.07, 6.45) is 2.04. The highest BCUT2D eigenvalue weighted by molar-refractivity contribution is 6.04. The van der Waals surface area contributed by atoms with Crippen molar-refractivity contribution in [2.45, 2.75) is 38.0 Å². The number of likely N-dealkylation sites (tertiary alicyclic amines) is 1. The van der Waals surface area contributed by atoms with Crippen molar-refractivity contribution in [3.8, 4) is 23.0 Å². The zero-order chi connectivity index (χ0) is 23.2. The van der Waals surface area contributed by atoms with E-state index in [4.69, 9.17) is 24.0 Å². The maximum atomic E-state index is 12.0. The number of piperidine rings is 1. The summed E-state index contributed by atoms with van der Waals surface area (Å²) < 4.78 is 23.4. The van der Waals surface area contributed by atoms with Crippen molar-refractivity contribution in [2.24, 2.45) is 5.10 Å². The van der Waals surface area contributed by atoms with Crippen LogP contribution < -0.4 is 18.9 Å². The largest absolute Gasteiger partial charge is 0.497 e. The van der Waals surface area contributed by atoms with Crippen molar-refractivity contribution in [3.63, 3.8) is 0 Å². The number of hydrazone groups is 1. The minimum atomic E-state index is -0.639. The number of amides is 1. The van der Waals surface area contributed by atoms with Crippen LogP contribution in [-0.4, -0.2) is 61.7 Å². The molecule has 2 aromatic carbocycles. The van der Waals surface area contributed by atoms with Gasteiger partial charge in [-0.05, 0) is 18.2 Å². The number of benzene rings is 2. The Morgan fingerprint density at radius 2 is 1.82 bits per heavy atom. The number of para-hydroxylation sites is 1. The summed E-state index contributed by atoms with van der Waals surface area (Å²) in [4.78, 5) is 13.8. The molecule has 1 atom stereocenters. The van der Waals surface area contributed by atoms with Crippen molar-refractivity contribution in [3.05, 3.63) is 47.5 Å². The number of carbonyl (C=O) groups is 1. The van der Waals surface area contributed by atoms with Gasteiger partial charge in [-0.1, -0.05) is 12.1 Å². The highest BCUT2D eigenvalue weighted by Gasteiger charge is 2.53. The Hall–Kier alpha value is -3.42. The zero-order valence-electron chi connectivity index (χ0n) is 19.5. The highest BCUT2D eigenvalue weighted by Crippen LogP contribution is 2.53. The fourth-order valence-electron chi connectivity index (χ4n) is 5.13. The van der Waals surface area contributed by atoms with Gasteiger partial charge in [0.2, 0.25) is 11.6 Å². The predicted molar refractivity (Wildman–Crippen MR) is 123 cm³/mol. The average Bonchev–Trinajstić information content (AvgIpc) is 3.30. The van der Waals surface area contributed by atoms with E-state index >= 15 is 0 Å². The Morgan fingerprint density at radius 1 is 1.06 bits per heavy atom. The maximum absolute atomic E-state index is 12.0. The fourth-order valence-corrected chi connectivity index (χ4v) is 5.13. The molecule has 1 spiro atoms. The Bertz CT molecular complexity index is 1110. The van der Waals surface area contributed by atoms with Gasteiger partial charge in [0.25, 0.3) is 0 Å². The maximum Gasteiger partial charge on any atom is 0.219 e. The molecule has 0 N–H and O–H groups in total. The number of carbonyl (C=O) groups excluding carboxylic acids is 1. The molecule has 0 aliphatic carbocycles. The van der Waals surface area contributed by atoms with Crippen molar-refractivity contribution >= 4 is 11.6 Å². The van der Waals surface area contributed by atoms with Gasteiger partial charge >= 0.3 is 0 Å². The number of hydrogen-bond donors (Lipinski definition) is 0. The molecule has 1 unspecified atom stereocenters. The summed E-state index contributed by atoms with van der Waals surface area (Å²) in [5.41, 5.74) is 2.29. The van der Waals surface area contributed by atoms with Gasteiger partial charge in [-0.2, -0.15) is 5.10 Å². The molecule has 3 aliphatic rings. The lowest BCUT2D eigenvalue weighted by Gasteiger charge is -2.51. The Labute approximate surface area is 193 Å². The number of fused-ring (bicyclic) bond motifs is 4. The average molecular weight is 452 g/mol. The van der Waals surface area contributed by atoms with Crippen LogP contribution >= 0.6 is 0 Å². The van der Waals surface area contributed by atoms with Gasteiger partial charge in [-0.25, -0.2) is 5.01 Å². The van der Waals surface area contributed by atoms with Crippen LogP contribution in [0.1, 0.15) is 43.4 Å². The topological polar surface area (TPSA) is 72.8 Å². The summed E-state index contributed by atoms with van der Waals surface area (Å²) >= 11 is 0. The second-order valence-corrected chi connectivity index (χ2v) is 8.61. The molecule has 3 heterocycles. The molecular weight excluding hydrogens is 422 g/mol. The van der Waals surface area contributed by atoms with Gasteiger partial charge in [0.05, 0.1) is 33.1 Å². The van der Waals surface area contributed by atoms with E-state index in [0.717, 1.165) is 39.8 Å². The molecule has 174 valence electrons. The van der Waals surface area contributed by atoms with Crippen LogP contribution in [0.15, 0.2) is 41.5 Å². The summed E-state index contributed by atoms with van der Waals surface area (Å²) in [6.45, 7) is 2.86. The van der Waals surface area contributed by atoms with Gasteiger partial charge in [-0.15, -0.1) is 0 Å². The Morgan fingerprint density at radius 3 is 2.48 bits per heavy atom. The highest BCUT2D eigenvalue weighted by atomic mass is 16.5. The van der Waals surface area contributed by atoms with Gasteiger partial charge in [0.1, 0.15) is 11.5 Å².